The summed E-state index contributed by atoms with van der Waals surface area (Å²) in [6, 6.07) is 18.4. The first-order valence-electron chi connectivity index (χ1n) is 7.02. The van der Waals surface area contributed by atoms with Gasteiger partial charge in [-0.2, -0.15) is 0 Å². The molecule has 2 N–H and O–H groups in total. The molecule has 0 saturated carbocycles. The molecule has 104 valence electrons. The third-order valence-corrected chi connectivity index (χ3v) is 3.86. The predicted octanol–water partition coefficient (Wildman–Crippen LogP) is 3.89. The van der Waals surface area contributed by atoms with E-state index in [1.54, 1.807) is 0 Å². The Labute approximate surface area is 124 Å². The molecule has 2 nitrogen and oxygen atoms in total. The second-order valence-corrected chi connectivity index (χ2v) is 5.26. The van der Waals surface area contributed by atoms with Gasteiger partial charge in [0, 0.05) is 0 Å². The zero-order valence-electron chi connectivity index (χ0n) is 12.0. The van der Waals surface area contributed by atoms with Crippen LogP contribution in [0.1, 0.15) is 30.0 Å². The maximum atomic E-state index is 11.3. The summed E-state index contributed by atoms with van der Waals surface area (Å²) in [7, 11) is 0. The number of allylic oxidation sites excluding steroid dienone is 2. The standard InChI is InChI=1S/C19H17NO/c1-13-17(11-14-7-3-2-4-8-14)15-9-5-6-10-16(15)18(13)12-19(20)21/h2-11H,12H2,1H3,(H2,20,21)/b17-11-. The molecule has 0 atom stereocenters. The lowest BCUT2D eigenvalue weighted by Gasteiger charge is -2.03. The SMILES string of the molecule is CC1=C(CC(N)=O)c2ccccc2/C1=C\c1ccccc1. The topological polar surface area (TPSA) is 43.1 Å². The molecule has 0 aliphatic heterocycles. The molecule has 1 aliphatic carbocycles. The summed E-state index contributed by atoms with van der Waals surface area (Å²) in [4.78, 5) is 11.3. The Balaban J connectivity index is 2.15. The van der Waals surface area contributed by atoms with Gasteiger partial charge in [0.15, 0.2) is 0 Å². The average Bonchev–Trinajstić information content (AvgIpc) is 2.74. The summed E-state index contributed by atoms with van der Waals surface area (Å²) in [6.45, 7) is 2.06. The van der Waals surface area contributed by atoms with E-state index in [1.807, 2.05) is 30.3 Å². The number of amides is 1. The van der Waals surface area contributed by atoms with E-state index in [-0.39, 0.29) is 12.3 Å². The number of carbonyl (C=O) groups is 1. The molecule has 0 fully saturated rings. The van der Waals surface area contributed by atoms with Crippen LogP contribution in [0.5, 0.6) is 0 Å². The van der Waals surface area contributed by atoms with Crippen molar-refractivity contribution in [1.82, 2.24) is 0 Å². The summed E-state index contributed by atoms with van der Waals surface area (Å²) in [6.07, 6.45) is 2.46. The molecule has 21 heavy (non-hydrogen) atoms. The first-order chi connectivity index (χ1) is 10.2. The summed E-state index contributed by atoms with van der Waals surface area (Å²) < 4.78 is 0. The third kappa shape index (κ3) is 2.52. The van der Waals surface area contributed by atoms with E-state index < -0.39 is 0 Å². The molecule has 0 saturated heterocycles. The minimum absolute atomic E-state index is 0.287. The van der Waals surface area contributed by atoms with Gasteiger partial charge in [0.1, 0.15) is 0 Å². The number of nitrogens with two attached hydrogens (primary N) is 1. The zero-order chi connectivity index (χ0) is 14.8. The molecule has 0 spiro atoms. The number of rotatable bonds is 3. The molecule has 3 rings (SSSR count). The third-order valence-electron chi connectivity index (χ3n) is 3.86. The molecule has 0 bridgehead atoms. The predicted molar refractivity (Wildman–Crippen MR) is 87.2 cm³/mol. The van der Waals surface area contributed by atoms with Crippen molar-refractivity contribution >= 4 is 23.1 Å². The lowest BCUT2D eigenvalue weighted by atomic mass is 10.0. The minimum atomic E-state index is -0.292. The summed E-state index contributed by atoms with van der Waals surface area (Å²) in [5, 5.41) is 0. The van der Waals surface area contributed by atoms with Gasteiger partial charge in [-0.1, -0.05) is 54.6 Å². The molecular formula is C19H17NO. The number of hydrogen-bond acceptors (Lipinski definition) is 1. The Bertz CT molecular complexity index is 754. The van der Waals surface area contributed by atoms with Gasteiger partial charge >= 0.3 is 0 Å². The van der Waals surface area contributed by atoms with E-state index in [4.69, 9.17) is 5.73 Å². The van der Waals surface area contributed by atoms with Crippen molar-refractivity contribution in [2.75, 3.05) is 0 Å². The van der Waals surface area contributed by atoms with Crippen molar-refractivity contribution < 1.29 is 4.79 Å². The van der Waals surface area contributed by atoms with Crippen LogP contribution in [0.4, 0.5) is 0 Å². The number of fused-ring (bicyclic) bond motifs is 1. The molecule has 2 aromatic rings. The number of carbonyl (C=O) groups excluding carboxylic acids is 1. The smallest absolute Gasteiger partial charge is 0.221 e. The highest BCUT2D eigenvalue weighted by Crippen LogP contribution is 2.43. The maximum Gasteiger partial charge on any atom is 0.221 e. The fraction of sp³-hybridized carbons (Fsp3) is 0.105. The monoisotopic (exact) mass is 275 g/mol. The van der Waals surface area contributed by atoms with E-state index in [0.29, 0.717) is 0 Å². The van der Waals surface area contributed by atoms with E-state index >= 15 is 0 Å². The van der Waals surface area contributed by atoms with Crippen molar-refractivity contribution in [3.8, 4) is 0 Å². The van der Waals surface area contributed by atoms with Crippen LogP contribution >= 0.6 is 0 Å². The molecule has 0 unspecified atom stereocenters. The molecule has 0 radical (unpaired) electrons. The Kier molecular flexibility index (Phi) is 3.44. The normalized spacial score (nSPS) is 15.4. The lowest BCUT2D eigenvalue weighted by Crippen LogP contribution is -2.10. The molecule has 0 heterocycles. The Hall–Kier alpha value is -2.61. The lowest BCUT2D eigenvalue weighted by molar-refractivity contribution is -0.117. The molecule has 2 aromatic carbocycles. The van der Waals surface area contributed by atoms with Crippen molar-refractivity contribution in [2.45, 2.75) is 13.3 Å². The van der Waals surface area contributed by atoms with E-state index in [0.717, 1.165) is 22.3 Å². The Morgan fingerprint density at radius 3 is 2.29 bits per heavy atom. The minimum Gasteiger partial charge on any atom is -0.369 e. The first-order valence-corrected chi connectivity index (χ1v) is 7.02. The molecule has 1 amide bonds. The van der Waals surface area contributed by atoms with Crippen LogP contribution in [0.25, 0.3) is 17.2 Å². The first kappa shape index (κ1) is 13.4. The van der Waals surface area contributed by atoms with E-state index in [2.05, 4.69) is 37.3 Å². The van der Waals surface area contributed by atoms with Crippen molar-refractivity contribution in [1.29, 1.82) is 0 Å². The quantitative estimate of drug-likeness (QED) is 0.907. The molecule has 2 heteroatoms. The maximum absolute atomic E-state index is 11.3. The number of hydrogen-bond donors (Lipinski definition) is 1. The van der Waals surface area contributed by atoms with Crippen LogP contribution in [0.3, 0.4) is 0 Å². The number of primary amides is 1. The Morgan fingerprint density at radius 2 is 1.62 bits per heavy atom. The van der Waals surface area contributed by atoms with Crippen molar-refractivity contribution in [2.24, 2.45) is 5.73 Å². The van der Waals surface area contributed by atoms with Gasteiger partial charge in [-0.25, -0.2) is 0 Å². The van der Waals surface area contributed by atoms with Gasteiger partial charge in [-0.3, -0.25) is 4.79 Å². The van der Waals surface area contributed by atoms with Crippen LogP contribution in [0.15, 0.2) is 60.2 Å². The summed E-state index contributed by atoms with van der Waals surface area (Å²) in [5.41, 5.74) is 12.2. The molecule has 1 aliphatic rings. The van der Waals surface area contributed by atoms with Gasteiger partial charge in [-0.15, -0.1) is 0 Å². The second kappa shape index (κ2) is 5.41. The average molecular weight is 275 g/mol. The van der Waals surface area contributed by atoms with Crippen LogP contribution in [0.2, 0.25) is 0 Å². The van der Waals surface area contributed by atoms with Crippen LogP contribution in [0, 0.1) is 0 Å². The van der Waals surface area contributed by atoms with Gasteiger partial charge in [-0.05, 0) is 46.4 Å². The van der Waals surface area contributed by atoms with Gasteiger partial charge in [0.25, 0.3) is 0 Å². The second-order valence-electron chi connectivity index (χ2n) is 5.26. The van der Waals surface area contributed by atoms with Crippen LogP contribution < -0.4 is 5.73 Å². The van der Waals surface area contributed by atoms with E-state index in [9.17, 15) is 4.79 Å². The summed E-state index contributed by atoms with van der Waals surface area (Å²) in [5.74, 6) is -0.292. The van der Waals surface area contributed by atoms with Gasteiger partial charge in [0.2, 0.25) is 5.91 Å². The van der Waals surface area contributed by atoms with E-state index in [1.165, 1.54) is 11.1 Å². The Morgan fingerprint density at radius 1 is 1.00 bits per heavy atom. The van der Waals surface area contributed by atoms with Crippen molar-refractivity contribution in [3.63, 3.8) is 0 Å². The fourth-order valence-electron chi connectivity index (χ4n) is 2.85. The molecular weight excluding hydrogens is 258 g/mol. The summed E-state index contributed by atoms with van der Waals surface area (Å²) >= 11 is 0. The highest BCUT2D eigenvalue weighted by atomic mass is 16.1. The largest absolute Gasteiger partial charge is 0.369 e. The number of benzene rings is 2. The fourth-order valence-corrected chi connectivity index (χ4v) is 2.85. The van der Waals surface area contributed by atoms with Crippen LogP contribution in [-0.4, -0.2) is 5.91 Å². The van der Waals surface area contributed by atoms with Crippen molar-refractivity contribution in [3.05, 3.63) is 76.9 Å². The highest BCUT2D eigenvalue weighted by Gasteiger charge is 2.23. The van der Waals surface area contributed by atoms with Gasteiger partial charge < -0.3 is 5.73 Å². The highest BCUT2D eigenvalue weighted by molar-refractivity contribution is 6.07. The van der Waals surface area contributed by atoms with Gasteiger partial charge in [0.05, 0.1) is 6.42 Å². The molecule has 0 aromatic heterocycles. The van der Waals surface area contributed by atoms with Crippen LogP contribution in [-0.2, 0) is 4.79 Å². The zero-order valence-corrected chi connectivity index (χ0v) is 12.0.